The first kappa shape index (κ1) is 11.5. The van der Waals surface area contributed by atoms with Crippen molar-refractivity contribution in [3.63, 3.8) is 0 Å². The van der Waals surface area contributed by atoms with Gasteiger partial charge in [0.05, 0.1) is 15.6 Å². The molecule has 0 bridgehead atoms. The fourth-order valence-corrected chi connectivity index (χ4v) is 3.05. The van der Waals surface area contributed by atoms with Crippen LogP contribution >= 0.6 is 43.6 Å². The molecule has 13 heavy (non-hydrogen) atoms. The number of halogens is 2. The average Bonchev–Trinajstić information content (AvgIpc) is 2.11. The Kier molecular flexibility index (Phi) is 4.72. The van der Waals surface area contributed by atoms with E-state index in [1.54, 1.807) is 24.2 Å². The van der Waals surface area contributed by atoms with Crippen molar-refractivity contribution in [2.75, 3.05) is 6.61 Å². The SMILES string of the molecule is CC(CO)Sc1c(Br)cncc1Br. The summed E-state index contributed by atoms with van der Waals surface area (Å²) < 4.78 is 1.90. The molecule has 1 atom stereocenters. The Bertz CT molecular complexity index is 275. The lowest BCUT2D eigenvalue weighted by molar-refractivity contribution is 0.300. The molecule has 0 aliphatic heterocycles. The van der Waals surface area contributed by atoms with Gasteiger partial charge in [-0.3, -0.25) is 4.98 Å². The van der Waals surface area contributed by atoms with E-state index in [4.69, 9.17) is 5.11 Å². The number of rotatable bonds is 3. The van der Waals surface area contributed by atoms with Crippen LogP contribution in [-0.4, -0.2) is 21.9 Å². The van der Waals surface area contributed by atoms with Crippen molar-refractivity contribution in [2.24, 2.45) is 0 Å². The molecule has 1 N–H and O–H groups in total. The van der Waals surface area contributed by atoms with Crippen LogP contribution in [0.3, 0.4) is 0 Å². The topological polar surface area (TPSA) is 33.1 Å². The molecule has 1 aromatic rings. The average molecular weight is 327 g/mol. The summed E-state index contributed by atoms with van der Waals surface area (Å²) in [6.45, 7) is 2.15. The molecule has 1 rings (SSSR count). The van der Waals surface area contributed by atoms with Gasteiger partial charge in [-0.25, -0.2) is 0 Å². The predicted molar refractivity (Wildman–Crippen MR) is 62.0 cm³/mol. The molecule has 1 heterocycles. The van der Waals surface area contributed by atoms with E-state index in [1.807, 2.05) is 6.92 Å². The number of nitrogens with zero attached hydrogens (tertiary/aromatic N) is 1. The molecule has 0 fully saturated rings. The third-order valence-corrected chi connectivity index (χ3v) is 4.34. The summed E-state index contributed by atoms with van der Waals surface area (Å²) in [6, 6.07) is 0. The highest BCUT2D eigenvalue weighted by Gasteiger charge is 2.09. The highest BCUT2D eigenvalue weighted by molar-refractivity contribution is 9.11. The van der Waals surface area contributed by atoms with Gasteiger partial charge in [-0.15, -0.1) is 11.8 Å². The van der Waals surface area contributed by atoms with E-state index in [2.05, 4.69) is 36.8 Å². The Labute approximate surface area is 98.4 Å². The van der Waals surface area contributed by atoms with Crippen molar-refractivity contribution in [3.05, 3.63) is 21.3 Å². The van der Waals surface area contributed by atoms with Crippen LogP contribution in [0.4, 0.5) is 0 Å². The van der Waals surface area contributed by atoms with E-state index < -0.39 is 0 Å². The minimum Gasteiger partial charge on any atom is -0.395 e. The number of pyridine rings is 1. The Morgan fingerprint density at radius 3 is 2.46 bits per heavy atom. The van der Waals surface area contributed by atoms with Crippen LogP contribution < -0.4 is 0 Å². The minimum absolute atomic E-state index is 0.172. The normalized spacial score (nSPS) is 12.9. The molecule has 0 spiro atoms. The summed E-state index contributed by atoms with van der Waals surface area (Å²) in [5.41, 5.74) is 0. The van der Waals surface area contributed by atoms with Gasteiger partial charge in [0, 0.05) is 22.5 Å². The number of aliphatic hydroxyl groups excluding tert-OH is 1. The molecule has 0 aliphatic rings. The molecule has 0 aromatic carbocycles. The maximum atomic E-state index is 8.91. The third kappa shape index (κ3) is 3.23. The first-order chi connectivity index (χ1) is 6.15. The molecule has 1 aromatic heterocycles. The van der Waals surface area contributed by atoms with Crippen molar-refractivity contribution in [3.8, 4) is 0 Å². The van der Waals surface area contributed by atoms with E-state index in [9.17, 15) is 0 Å². The van der Waals surface area contributed by atoms with Crippen molar-refractivity contribution in [2.45, 2.75) is 17.1 Å². The van der Waals surface area contributed by atoms with Crippen molar-refractivity contribution >= 4 is 43.6 Å². The van der Waals surface area contributed by atoms with Gasteiger partial charge >= 0.3 is 0 Å². The van der Waals surface area contributed by atoms with Gasteiger partial charge < -0.3 is 5.11 Å². The molecule has 2 nitrogen and oxygen atoms in total. The van der Waals surface area contributed by atoms with Gasteiger partial charge in [0.15, 0.2) is 0 Å². The molecule has 0 amide bonds. The minimum atomic E-state index is 0.172. The lowest BCUT2D eigenvalue weighted by atomic mass is 10.5. The van der Waals surface area contributed by atoms with E-state index in [1.165, 1.54) is 0 Å². The third-order valence-electron chi connectivity index (χ3n) is 1.39. The zero-order chi connectivity index (χ0) is 9.84. The highest BCUT2D eigenvalue weighted by Crippen LogP contribution is 2.35. The summed E-state index contributed by atoms with van der Waals surface area (Å²) in [7, 11) is 0. The predicted octanol–water partition coefficient (Wildman–Crippen LogP) is 3.08. The molecule has 5 heteroatoms. The lowest BCUT2D eigenvalue weighted by Gasteiger charge is -2.10. The van der Waals surface area contributed by atoms with Crippen molar-refractivity contribution < 1.29 is 5.11 Å². The summed E-state index contributed by atoms with van der Waals surface area (Å²) in [5.74, 6) is 0. The maximum Gasteiger partial charge on any atom is 0.0550 e. The van der Waals surface area contributed by atoms with Crippen LogP contribution in [-0.2, 0) is 0 Å². The van der Waals surface area contributed by atoms with Gasteiger partial charge in [-0.2, -0.15) is 0 Å². The quantitative estimate of drug-likeness (QED) is 0.866. The second-order valence-electron chi connectivity index (χ2n) is 2.54. The Balaban J connectivity index is 2.87. The van der Waals surface area contributed by atoms with E-state index in [-0.39, 0.29) is 11.9 Å². The fraction of sp³-hybridized carbons (Fsp3) is 0.375. The van der Waals surface area contributed by atoms with Crippen LogP contribution in [0.5, 0.6) is 0 Å². The summed E-state index contributed by atoms with van der Waals surface area (Å²) in [5, 5.41) is 9.10. The number of hydrogen-bond acceptors (Lipinski definition) is 3. The smallest absolute Gasteiger partial charge is 0.0550 e. The Hall–Kier alpha value is 0.420. The molecule has 72 valence electrons. The van der Waals surface area contributed by atoms with Crippen molar-refractivity contribution in [1.29, 1.82) is 0 Å². The van der Waals surface area contributed by atoms with E-state index in [0.717, 1.165) is 13.8 Å². The number of aromatic nitrogens is 1. The van der Waals surface area contributed by atoms with Gasteiger partial charge in [0.2, 0.25) is 0 Å². The molecular formula is C8H9Br2NOS. The first-order valence-corrected chi connectivity index (χ1v) is 6.18. The van der Waals surface area contributed by atoms with Crippen molar-refractivity contribution in [1.82, 2.24) is 4.98 Å². The zero-order valence-electron chi connectivity index (χ0n) is 7.00. The van der Waals surface area contributed by atoms with Gasteiger partial charge in [-0.1, -0.05) is 6.92 Å². The van der Waals surface area contributed by atoms with E-state index >= 15 is 0 Å². The summed E-state index contributed by atoms with van der Waals surface area (Å²) in [4.78, 5) is 5.09. The monoisotopic (exact) mass is 325 g/mol. The molecular weight excluding hydrogens is 318 g/mol. The standard InChI is InChI=1S/C8H9Br2NOS/c1-5(4-12)13-8-6(9)2-11-3-7(8)10/h2-3,5,12H,4H2,1H3. The van der Waals surface area contributed by atoms with Crippen LogP contribution in [0.1, 0.15) is 6.92 Å². The van der Waals surface area contributed by atoms with Gasteiger partial charge in [0.1, 0.15) is 0 Å². The molecule has 0 saturated heterocycles. The largest absolute Gasteiger partial charge is 0.395 e. The van der Waals surface area contributed by atoms with Crippen LogP contribution in [0.25, 0.3) is 0 Å². The second-order valence-corrected chi connectivity index (χ2v) is 5.70. The maximum absolute atomic E-state index is 8.91. The van der Waals surface area contributed by atoms with Gasteiger partial charge in [0.25, 0.3) is 0 Å². The lowest BCUT2D eigenvalue weighted by Crippen LogP contribution is -2.02. The zero-order valence-corrected chi connectivity index (χ0v) is 11.0. The molecule has 0 radical (unpaired) electrons. The van der Waals surface area contributed by atoms with Crippen LogP contribution in [0, 0.1) is 0 Å². The highest BCUT2D eigenvalue weighted by atomic mass is 79.9. The molecule has 0 aliphatic carbocycles. The second kappa shape index (κ2) is 5.34. The summed E-state index contributed by atoms with van der Waals surface area (Å²) >= 11 is 8.43. The molecule has 1 unspecified atom stereocenters. The number of thioether (sulfide) groups is 1. The first-order valence-electron chi connectivity index (χ1n) is 3.71. The van der Waals surface area contributed by atoms with Gasteiger partial charge in [-0.05, 0) is 31.9 Å². The van der Waals surface area contributed by atoms with E-state index in [0.29, 0.717) is 0 Å². The fourth-order valence-electron chi connectivity index (χ4n) is 0.751. The Morgan fingerprint density at radius 1 is 1.46 bits per heavy atom. The summed E-state index contributed by atoms with van der Waals surface area (Å²) in [6.07, 6.45) is 3.49. The van der Waals surface area contributed by atoms with Crippen LogP contribution in [0.2, 0.25) is 0 Å². The Morgan fingerprint density at radius 2 is 2.00 bits per heavy atom. The number of hydrogen-bond donors (Lipinski definition) is 1. The number of aliphatic hydroxyl groups is 1. The molecule has 0 saturated carbocycles. The van der Waals surface area contributed by atoms with Crippen LogP contribution in [0.15, 0.2) is 26.2 Å².